The van der Waals surface area contributed by atoms with E-state index in [1.807, 2.05) is 89.5 Å². The Morgan fingerprint density at radius 2 is 1.21 bits per heavy atom. The maximum atomic E-state index is 8.36. The number of hydrogen-bond donors (Lipinski definition) is 0. The number of para-hydroxylation sites is 3. The van der Waals surface area contributed by atoms with Gasteiger partial charge < -0.3 is 0 Å². The van der Waals surface area contributed by atoms with Gasteiger partial charge in [0.1, 0.15) is 0 Å². The second-order valence-corrected chi connectivity index (χ2v) is 12.3. The fourth-order valence-electron chi connectivity index (χ4n) is 6.17. The molecule has 0 saturated heterocycles. The normalized spacial score (nSPS) is 12.3. The first-order chi connectivity index (χ1) is 24.9. The molecule has 0 amide bonds. The average molecular weight is 801 g/mol. The second kappa shape index (κ2) is 12.9. The molecular formula is C43H30N4Pt-2. The Morgan fingerprint density at radius 3 is 1.88 bits per heavy atom. The zero-order valence-corrected chi connectivity index (χ0v) is 28.0. The van der Waals surface area contributed by atoms with Crippen LogP contribution >= 0.6 is 0 Å². The molecule has 6 aromatic carbocycles. The van der Waals surface area contributed by atoms with Crippen LogP contribution in [-0.2, 0) is 26.3 Å². The molecule has 0 unspecified atom stereocenters. The molecule has 0 aliphatic rings. The fourth-order valence-corrected chi connectivity index (χ4v) is 6.99. The standard InChI is InChI=1S/C43H30N4.Pt/c1-45-31-46(42-27-9-8-26-41(42)45)35-20-13-22-37(30-35)47(36-21-12-19-34(29-36)40-25-10-11-28-44-40)43-38(32-15-4-2-5-16-32)23-14-24-39(43)33-17-6-3-7-18-33;/h2-28H,1H3;/q-2;/i1D3;. The van der Waals surface area contributed by atoms with Crippen LogP contribution in [0.2, 0.25) is 0 Å². The van der Waals surface area contributed by atoms with Crippen molar-refractivity contribution in [3.8, 4) is 39.2 Å². The van der Waals surface area contributed by atoms with E-state index >= 15 is 0 Å². The van der Waals surface area contributed by atoms with E-state index < -0.39 is 6.98 Å². The molecule has 0 atom stereocenters. The summed E-state index contributed by atoms with van der Waals surface area (Å²) in [5, 5.41) is 0. The van der Waals surface area contributed by atoms with Gasteiger partial charge in [0.25, 0.3) is 0 Å². The summed E-state index contributed by atoms with van der Waals surface area (Å²) in [5.41, 5.74) is 10.5. The third-order valence-electron chi connectivity index (χ3n) is 8.34. The first-order valence-electron chi connectivity index (χ1n) is 17.1. The van der Waals surface area contributed by atoms with Crippen LogP contribution in [0.3, 0.4) is 0 Å². The van der Waals surface area contributed by atoms with Gasteiger partial charge in [0.15, 0.2) is 0 Å². The minimum absolute atomic E-state index is 0.550. The Bertz CT molecular complexity index is 2490. The molecule has 0 N–H and O–H groups in total. The van der Waals surface area contributed by atoms with E-state index in [4.69, 9.17) is 4.11 Å². The first kappa shape index (κ1) is 26.5. The second-order valence-electron chi connectivity index (χ2n) is 11.3. The first-order valence-corrected chi connectivity index (χ1v) is 16.7. The average Bonchev–Trinajstić information content (AvgIpc) is 3.48. The van der Waals surface area contributed by atoms with Crippen LogP contribution < -0.4 is 4.90 Å². The molecule has 0 spiro atoms. The minimum atomic E-state index is -2.37. The number of nitrogens with zero attached hydrogens (tertiary/aromatic N) is 4. The molecular weight excluding hydrogens is 768 g/mol. The van der Waals surface area contributed by atoms with Crippen LogP contribution in [-0.4, -0.2) is 14.1 Å². The summed E-state index contributed by atoms with van der Waals surface area (Å²) in [7, 11) is 0. The molecule has 2 aromatic heterocycles. The van der Waals surface area contributed by atoms with Crippen molar-refractivity contribution in [2.45, 2.75) is 0 Å². The number of aryl methyl sites for hydroxylation is 1. The van der Waals surface area contributed by atoms with Gasteiger partial charge >= 0.3 is 291 Å². The molecule has 5 heteroatoms. The van der Waals surface area contributed by atoms with Gasteiger partial charge in [-0.1, -0.05) is 0 Å². The van der Waals surface area contributed by atoms with Crippen molar-refractivity contribution in [3.05, 3.63) is 180 Å². The van der Waals surface area contributed by atoms with Gasteiger partial charge in [0, 0.05) is 0 Å². The number of rotatable bonds is 7. The summed E-state index contributed by atoms with van der Waals surface area (Å²) in [5.74, 6) is 0. The van der Waals surface area contributed by atoms with E-state index in [9.17, 15) is 0 Å². The molecule has 48 heavy (non-hydrogen) atoms. The Labute approximate surface area is 295 Å². The number of fused-ring (bicyclic) bond motifs is 1. The van der Waals surface area contributed by atoms with Gasteiger partial charge in [-0.2, -0.15) is 0 Å². The third-order valence-corrected chi connectivity index (χ3v) is 9.36. The molecule has 4 nitrogen and oxygen atoms in total. The molecule has 0 saturated carbocycles. The van der Waals surface area contributed by atoms with E-state index in [-0.39, 0.29) is 0 Å². The summed E-state index contributed by atoms with van der Waals surface area (Å²) >= 11 is 2.11. The number of benzene rings is 6. The predicted octanol–water partition coefficient (Wildman–Crippen LogP) is 10.5. The Balaban J connectivity index is 1.43. The Hall–Kier alpha value is -5.57. The maximum absolute atomic E-state index is 8.36. The molecule has 0 bridgehead atoms. The number of hydrogen-bond acceptors (Lipinski definition) is 2. The summed E-state index contributed by atoms with van der Waals surface area (Å²) in [6.45, 7) is -2.37. The van der Waals surface area contributed by atoms with Crippen molar-refractivity contribution in [2.75, 3.05) is 4.90 Å². The predicted molar refractivity (Wildman–Crippen MR) is 192 cm³/mol. The Morgan fingerprint density at radius 1 is 0.604 bits per heavy atom. The quantitative estimate of drug-likeness (QED) is 0.150. The van der Waals surface area contributed by atoms with Crippen molar-refractivity contribution in [1.29, 1.82) is 0 Å². The van der Waals surface area contributed by atoms with Crippen molar-refractivity contribution in [3.63, 3.8) is 0 Å². The van der Waals surface area contributed by atoms with Crippen LogP contribution in [0.1, 0.15) is 4.11 Å². The van der Waals surface area contributed by atoms with Gasteiger partial charge in [-0.25, -0.2) is 0 Å². The molecule has 0 aliphatic heterocycles. The van der Waals surface area contributed by atoms with Gasteiger partial charge in [-0.3, -0.25) is 0 Å². The summed E-state index contributed by atoms with van der Waals surface area (Å²) in [4.78, 5) is 6.84. The third kappa shape index (κ3) is 5.45. The van der Waals surface area contributed by atoms with Gasteiger partial charge in [0.05, 0.1) is 0 Å². The number of anilines is 3. The van der Waals surface area contributed by atoms with E-state index in [1.165, 1.54) is 4.57 Å². The topological polar surface area (TPSA) is 26.0 Å². The van der Waals surface area contributed by atoms with Crippen molar-refractivity contribution in [2.24, 2.45) is 6.98 Å². The Kier molecular flexibility index (Phi) is 7.12. The van der Waals surface area contributed by atoms with E-state index in [2.05, 4.69) is 114 Å². The van der Waals surface area contributed by atoms with Crippen LogP contribution in [0, 0.1) is 15.9 Å². The zero-order chi connectivity index (χ0) is 35.0. The van der Waals surface area contributed by atoms with E-state index in [0.29, 0.717) is 15.0 Å². The zero-order valence-electron chi connectivity index (χ0n) is 28.7. The molecule has 8 aromatic rings. The molecule has 2 heterocycles. The van der Waals surface area contributed by atoms with Crippen LogP contribution in [0.5, 0.6) is 0 Å². The van der Waals surface area contributed by atoms with Gasteiger partial charge in [0.2, 0.25) is 0 Å². The van der Waals surface area contributed by atoms with Crippen molar-refractivity contribution >= 4 is 28.1 Å². The van der Waals surface area contributed by atoms with Crippen LogP contribution in [0.25, 0.3) is 50.2 Å². The van der Waals surface area contributed by atoms with Crippen LogP contribution in [0.4, 0.5) is 17.1 Å². The molecule has 0 aliphatic carbocycles. The number of aromatic nitrogens is 3. The molecule has 0 radical (unpaired) electrons. The van der Waals surface area contributed by atoms with Crippen molar-refractivity contribution < 1.29 is 23.5 Å². The summed E-state index contributed by atoms with van der Waals surface area (Å²) < 4.78 is 29.0. The monoisotopic (exact) mass is 800 g/mol. The summed E-state index contributed by atoms with van der Waals surface area (Å²) in [6, 6.07) is 60.2. The number of imidazole rings is 1. The fraction of sp³-hybridized carbons (Fsp3) is 0.0233. The summed E-state index contributed by atoms with van der Waals surface area (Å²) in [6.07, 6.45) is 1.79. The van der Waals surface area contributed by atoms with Crippen LogP contribution in [0.15, 0.2) is 164 Å². The SMILES string of the molecule is [2H]C([2H])([2H])n1[c](=[Pt])n(-c2[c-]c(N(c3[c-]c(-c4ccccn4)ccc3)c3c(-c4ccccc4)cccc3-c3ccccc3)ccc2)c2ccccc21. The molecule has 8 rings (SSSR count). The van der Waals surface area contributed by atoms with Gasteiger partial charge in [-0.15, -0.1) is 0 Å². The van der Waals surface area contributed by atoms with Gasteiger partial charge in [-0.05, 0) is 6.07 Å². The number of pyridine rings is 1. The van der Waals surface area contributed by atoms with Crippen molar-refractivity contribution in [1.82, 2.24) is 14.1 Å². The van der Waals surface area contributed by atoms with E-state index in [0.717, 1.165) is 56.1 Å². The molecule has 234 valence electrons. The molecule has 0 fully saturated rings. The van der Waals surface area contributed by atoms with E-state index in [1.54, 1.807) is 6.20 Å².